The lowest BCUT2D eigenvalue weighted by atomic mass is 9.85. The van der Waals surface area contributed by atoms with E-state index >= 15 is 0 Å². The number of carbonyl (C=O) groups is 4. The van der Waals surface area contributed by atoms with Crippen molar-refractivity contribution in [1.82, 2.24) is 29.9 Å². The fourth-order valence-corrected chi connectivity index (χ4v) is 5.82. The number of hydrogen-bond acceptors (Lipinski definition) is 10. The number of hydrogen-bond donors (Lipinski definition) is 4. The van der Waals surface area contributed by atoms with Gasteiger partial charge in [-0.05, 0) is 115 Å². The van der Waals surface area contributed by atoms with Gasteiger partial charge < -0.3 is 21.3 Å². The summed E-state index contributed by atoms with van der Waals surface area (Å²) in [5.74, 6) is -1.12. The van der Waals surface area contributed by atoms with Gasteiger partial charge in [0.2, 0.25) is 0 Å². The first-order chi connectivity index (χ1) is 28.8. The molecule has 0 fully saturated rings. The summed E-state index contributed by atoms with van der Waals surface area (Å²) in [5, 5.41) is 11.0. The van der Waals surface area contributed by atoms with Gasteiger partial charge in [-0.15, -0.1) is 0 Å². The Morgan fingerprint density at radius 1 is 0.417 bits per heavy atom. The highest BCUT2D eigenvalue weighted by molar-refractivity contribution is 6.09. The fraction of sp³-hybridized carbons (Fsp3) is 0.130. The molecule has 0 aliphatic carbocycles. The van der Waals surface area contributed by atoms with Crippen LogP contribution >= 0.6 is 0 Å². The maximum absolute atomic E-state index is 13.7. The first-order valence-electron chi connectivity index (χ1n) is 18.9. The van der Waals surface area contributed by atoms with Crippen LogP contribution in [0.1, 0.15) is 78.9 Å². The summed E-state index contributed by atoms with van der Waals surface area (Å²) in [6.45, 7) is 9.81. The van der Waals surface area contributed by atoms with Gasteiger partial charge >= 0.3 is 0 Å². The lowest BCUT2D eigenvalue weighted by Crippen LogP contribution is -2.20. The quantitative estimate of drug-likeness (QED) is 0.105. The monoisotopic (exact) mass is 796 g/mol. The van der Waals surface area contributed by atoms with Crippen LogP contribution in [0.25, 0.3) is 22.8 Å². The van der Waals surface area contributed by atoms with E-state index in [2.05, 4.69) is 51.2 Å². The SMILES string of the molecule is Cc1ccc(-c2ccc(C(=O)Nc3cccc(NC(=O)c4cc(C(=O)Nc5cccc(NC(=O)c6ccc(-c7ccc(C)cn7)nc6)n5)cc(C(C)(C)C)c4)n3)cn2)nc1. The molecule has 0 atom stereocenters. The van der Waals surface area contributed by atoms with Crippen molar-refractivity contribution in [2.24, 2.45) is 0 Å². The molecule has 14 nitrogen and oxygen atoms in total. The van der Waals surface area contributed by atoms with Gasteiger partial charge in [0.1, 0.15) is 23.3 Å². The van der Waals surface area contributed by atoms with Gasteiger partial charge in [-0.1, -0.05) is 45.0 Å². The van der Waals surface area contributed by atoms with Crippen molar-refractivity contribution in [2.45, 2.75) is 40.0 Å². The van der Waals surface area contributed by atoms with E-state index in [4.69, 9.17) is 0 Å². The van der Waals surface area contributed by atoms with Crippen molar-refractivity contribution in [2.75, 3.05) is 21.3 Å². The van der Waals surface area contributed by atoms with E-state index in [1.54, 1.807) is 85.2 Å². The van der Waals surface area contributed by atoms with Crippen molar-refractivity contribution in [3.63, 3.8) is 0 Å². The zero-order chi connectivity index (χ0) is 42.4. The Morgan fingerprint density at radius 2 is 0.750 bits per heavy atom. The molecule has 0 aliphatic rings. The molecule has 7 aromatic rings. The smallest absolute Gasteiger partial charge is 0.258 e. The van der Waals surface area contributed by atoms with Crippen LogP contribution in [0.15, 0.2) is 128 Å². The van der Waals surface area contributed by atoms with Gasteiger partial charge in [0.25, 0.3) is 23.6 Å². The fourth-order valence-electron chi connectivity index (χ4n) is 5.82. The van der Waals surface area contributed by atoms with Crippen molar-refractivity contribution < 1.29 is 19.2 Å². The van der Waals surface area contributed by atoms with E-state index in [1.807, 2.05) is 58.9 Å². The third kappa shape index (κ3) is 9.92. The highest BCUT2D eigenvalue weighted by Crippen LogP contribution is 2.26. The molecule has 0 spiro atoms. The number of rotatable bonds is 10. The maximum atomic E-state index is 13.7. The second kappa shape index (κ2) is 17.2. The Hall–Kier alpha value is -8.00. The predicted octanol–water partition coefficient (Wildman–Crippen LogP) is 8.31. The Kier molecular flexibility index (Phi) is 11.6. The van der Waals surface area contributed by atoms with Crippen LogP contribution in [0.3, 0.4) is 0 Å². The van der Waals surface area contributed by atoms with Gasteiger partial charge in [-0.3, -0.25) is 39.1 Å². The average Bonchev–Trinajstić information content (AvgIpc) is 3.24. The summed E-state index contributed by atoms with van der Waals surface area (Å²) in [4.78, 5) is 79.8. The molecule has 0 radical (unpaired) electrons. The minimum absolute atomic E-state index is 0.182. The number of amides is 4. The summed E-state index contributed by atoms with van der Waals surface area (Å²) in [7, 11) is 0. The number of pyridine rings is 6. The van der Waals surface area contributed by atoms with Gasteiger partial charge in [0, 0.05) is 35.9 Å². The Labute approximate surface area is 346 Å². The molecule has 0 saturated carbocycles. The Bertz CT molecular complexity index is 2530. The molecule has 7 rings (SSSR count). The van der Waals surface area contributed by atoms with E-state index in [0.29, 0.717) is 33.9 Å². The van der Waals surface area contributed by atoms with Crippen molar-refractivity contribution >= 4 is 46.9 Å². The molecule has 0 saturated heterocycles. The third-order valence-corrected chi connectivity index (χ3v) is 9.19. The third-order valence-electron chi connectivity index (χ3n) is 9.19. The van der Waals surface area contributed by atoms with Gasteiger partial charge in [-0.2, -0.15) is 0 Å². The summed E-state index contributed by atoms with van der Waals surface area (Å²) < 4.78 is 0. The van der Waals surface area contributed by atoms with Crippen LogP contribution in [-0.2, 0) is 5.41 Å². The summed E-state index contributed by atoms with van der Waals surface area (Å²) in [5.41, 5.74) is 6.07. The molecule has 0 bridgehead atoms. The molecule has 4 amide bonds. The van der Waals surface area contributed by atoms with E-state index in [9.17, 15) is 19.2 Å². The number of aryl methyl sites for hydroxylation is 2. The van der Waals surface area contributed by atoms with Crippen molar-refractivity contribution in [1.29, 1.82) is 0 Å². The minimum atomic E-state index is -0.517. The maximum Gasteiger partial charge on any atom is 0.258 e. The van der Waals surface area contributed by atoms with Crippen LogP contribution < -0.4 is 21.3 Å². The summed E-state index contributed by atoms with van der Waals surface area (Å²) >= 11 is 0. The van der Waals surface area contributed by atoms with E-state index in [0.717, 1.165) is 16.7 Å². The molecule has 14 heteroatoms. The molecule has 0 unspecified atom stereocenters. The molecule has 298 valence electrons. The van der Waals surface area contributed by atoms with Crippen LogP contribution in [0.4, 0.5) is 23.3 Å². The van der Waals surface area contributed by atoms with Crippen LogP contribution in [0.2, 0.25) is 0 Å². The Balaban J connectivity index is 1.01. The normalized spacial score (nSPS) is 11.0. The van der Waals surface area contributed by atoms with E-state index < -0.39 is 29.0 Å². The molecular weight excluding hydrogens is 757 g/mol. The molecule has 1 aromatic carbocycles. The largest absolute Gasteiger partial charge is 0.306 e. The van der Waals surface area contributed by atoms with Gasteiger partial charge in [0.05, 0.1) is 33.9 Å². The second-order valence-electron chi connectivity index (χ2n) is 15.0. The molecule has 6 heterocycles. The number of anilines is 4. The van der Waals surface area contributed by atoms with Gasteiger partial charge in [-0.25, -0.2) is 9.97 Å². The molecular formula is C46H40N10O4. The molecule has 60 heavy (non-hydrogen) atoms. The number of nitrogens with one attached hydrogen (secondary N) is 4. The first-order valence-corrected chi connectivity index (χ1v) is 18.9. The average molecular weight is 797 g/mol. The van der Waals surface area contributed by atoms with Crippen molar-refractivity contribution in [3.8, 4) is 22.8 Å². The zero-order valence-electron chi connectivity index (χ0n) is 33.4. The standard InChI is InChI=1S/C46H40N10O4/c1-27-12-16-34(47-23-27)36-18-14-29(25-49-36)42(57)53-38-8-6-10-40(51-38)55-44(59)31-20-32(22-33(21-31)46(3,4)5)45(60)56-41-11-7-9-39(52-41)54-43(58)30-15-19-37(50-26-30)35-17-13-28(2)24-48-35/h6-26H,1-5H3,(H2,51,53,55,57,59)(H2,52,54,56,58,60). The van der Waals surface area contributed by atoms with Crippen LogP contribution in [0.5, 0.6) is 0 Å². The minimum Gasteiger partial charge on any atom is -0.306 e. The topological polar surface area (TPSA) is 194 Å². The molecule has 4 N–H and O–H groups in total. The molecule has 6 aromatic heterocycles. The lowest BCUT2D eigenvalue weighted by molar-refractivity contribution is 0.101. The van der Waals surface area contributed by atoms with Crippen LogP contribution in [0, 0.1) is 13.8 Å². The second-order valence-corrected chi connectivity index (χ2v) is 15.0. The molecule has 0 aliphatic heterocycles. The number of aromatic nitrogens is 6. The predicted molar refractivity (Wildman–Crippen MR) is 230 cm³/mol. The van der Waals surface area contributed by atoms with Gasteiger partial charge in [0.15, 0.2) is 0 Å². The highest BCUT2D eigenvalue weighted by atomic mass is 16.2. The van der Waals surface area contributed by atoms with E-state index in [-0.39, 0.29) is 34.4 Å². The first kappa shape index (κ1) is 40.2. The highest BCUT2D eigenvalue weighted by Gasteiger charge is 2.21. The number of carbonyl (C=O) groups excluding carboxylic acids is 4. The summed E-state index contributed by atoms with van der Waals surface area (Å²) in [6.07, 6.45) is 6.42. The Morgan fingerprint density at radius 3 is 1.05 bits per heavy atom. The number of benzene rings is 1. The summed E-state index contributed by atoms with van der Waals surface area (Å²) in [6, 6.07) is 28.9. The lowest BCUT2D eigenvalue weighted by Gasteiger charge is -2.21. The van der Waals surface area contributed by atoms with Crippen molar-refractivity contribution in [3.05, 3.63) is 167 Å². The van der Waals surface area contributed by atoms with Crippen LogP contribution in [-0.4, -0.2) is 53.5 Å². The van der Waals surface area contributed by atoms with E-state index in [1.165, 1.54) is 18.5 Å². The number of nitrogens with zero attached hydrogens (tertiary/aromatic N) is 6. The zero-order valence-corrected chi connectivity index (χ0v) is 33.4.